The highest BCUT2D eigenvalue weighted by Gasteiger charge is 2.23. The topological polar surface area (TPSA) is 74.7 Å². The first kappa shape index (κ1) is 13.2. The van der Waals surface area contributed by atoms with Gasteiger partial charge < -0.3 is 10.0 Å². The highest BCUT2D eigenvalue weighted by atomic mass is 35.7. The van der Waals surface area contributed by atoms with Crippen LogP contribution in [0.25, 0.3) is 0 Å². The average molecular weight is 290 g/mol. The maximum absolute atomic E-state index is 12.1. The first-order chi connectivity index (χ1) is 8.39. The fourth-order valence-electron chi connectivity index (χ4n) is 1.93. The van der Waals surface area contributed by atoms with Gasteiger partial charge in [0.05, 0.1) is 10.5 Å². The fourth-order valence-corrected chi connectivity index (χ4v) is 2.71. The highest BCUT2D eigenvalue weighted by Crippen LogP contribution is 2.25. The van der Waals surface area contributed by atoms with Crippen LogP contribution >= 0.6 is 10.7 Å². The second-order valence-electron chi connectivity index (χ2n) is 4.12. The van der Waals surface area contributed by atoms with Crippen LogP contribution in [-0.4, -0.2) is 37.4 Å². The summed E-state index contributed by atoms with van der Waals surface area (Å²) in [7, 11) is 1.30. The largest absolute Gasteiger partial charge is 0.507 e. The number of halogens is 1. The number of hydrogen-bond acceptors (Lipinski definition) is 4. The molecule has 0 bridgehead atoms. The number of likely N-dealkylation sites (tertiary alicyclic amines) is 1. The van der Waals surface area contributed by atoms with E-state index in [1.807, 2.05) is 0 Å². The predicted molar refractivity (Wildman–Crippen MR) is 66.3 cm³/mol. The lowest BCUT2D eigenvalue weighted by Gasteiger charge is -2.16. The lowest BCUT2D eigenvalue weighted by Crippen LogP contribution is -2.27. The van der Waals surface area contributed by atoms with Crippen molar-refractivity contribution in [3.8, 4) is 5.75 Å². The molecular formula is C11H12ClNO4S. The molecule has 0 aromatic heterocycles. The number of carbonyl (C=O) groups is 1. The van der Waals surface area contributed by atoms with Crippen molar-refractivity contribution in [2.75, 3.05) is 13.1 Å². The standard InChI is InChI=1S/C11H12ClNO4S/c12-18(16,17)8-3-4-10(14)9(7-8)11(15)13-5-1-2-6-13/h3-4,7,14H,1-2,5-6H2. The van der Waals surface area contributed by atoms with Gasteiger partial charge in [-0.05, 0) is 31.0 Å². The van der Waals surface area contributed by atoms with Crippen LogP contribution in [0.2, 0.25) is 0 Å². The monoisotopic (exact) mass is 289 g/mol. The lowest BCUT2D eigenvalue weighted by molar-refractivity contribution is 0.0789. The molecule has 0 saturated carbocycles. The molecule has 1 fully saturated rings. The Morgan fingerprint density at radius 3 is 2.44 bits per heavy atom. The zero-order valence-corrected chi connectivity index (χ0v) is 11.0. The van der Waals surface area contributed by atoms with E-state index in [9.17, 15) is 18.3 Å². The molecule has 1 amide bonds. The number of benzene rings is 1. The Balaban J connectivity index is 2.40. The van der Waals surface area contributed by atoms with Crippen molar-refractivity contribution in [1.82, 2.24) is 4.90 Å². The van der Waals surface area contributed by atoms with Crippen LogP contribution in [0.4, 0.5) is 0 Å². The molecule has 1 aromatic rings. The van der Waals surface area contributed by atoms with E-state index in [1.165, 1.54) is 12.1 Å². The van der Waals surface area contributed by atoms with Crippen LogP contribution in [0.3, 0.4) is 0 Å². The van der Waals surface area contributed by atoms with Crippen molar-refractivity contribution in [3.05, 3.63) is 23.8 Å². The smallest absolute Gasteiger partial charge is 0.261 e. The molecule has 0 spiro atoms. The van der Waals surface area contributed by atoms with Crippen LogP contribution in [0.15, 0.2) is 23.1 Å². The maximum Gasteiger partial charge on any atom is 0.261 e. The van der Waals surface area contributed by atoms with Gasteiger partial charge in [-0.1, -0.05) is 0 Å². The third-order valence-electron chi connectivity index (χ3n) is 2.87. The van der Waals surface area contributed by atoms with Gasteiger partial charge in [-0.3, -0.25) is 4.79 Å². The molecule has 18 heavy (non-hydrogen) atoms. The van der Waals surface area contributed by atoms with Crippen molar-refractivity contribution < 1.29 is 18.3 Å². The maximum atomic E-state index is 12.1. The lowest BCUT2D eigenvalue weighted by atomic mass is 10.2. The van der Waals surface area contributed by atoms with Gasteiger partial charge in [0.2, 0.25) is 0 Å². The zero-order chi connectivity index (χ0) is 13.3. The summed E-state index contributed by atoms with van der Waals surface area (Å²) >= 11 is 0. The SMILES string of the molecule is O=C(c1cc(S(=O)(=O)Cl)ccc1O)N1CCCC1. The van der Waals surface area contributed by atoms with Crippen molar-refractivity contribution >= 4 is 25.6 Å². The minimum absolute atomic E-state index is 0.0291. The Morgan fingerprint density at radius 2 is 1.89 bits per heavy atom. The summed E-state index contributed by atoms with van der Waals surface area (Å²) in [5, 5.41) is 9.65. The quantitative estimate of drug-likeness (QED) is 0.838. The number of phenols is 1. The summed E-state index contributed by atoms with van der Waals surface area (Å²) in [6, 6.07) is 3.44. The number of phenolic OH excluding ortho intramolecular Hbond substituents is 1. The van der Waals surface area contributed by atoms with E-state index in [1.54, 1.807) is 4.90 Å². The van der Waals surface area contributed by atoms with Crippen LogP contribution in [0.1, 0.15) is 23.2 Å². The Morgan fingerprint density at radius 1 is 1.28 bits per heavy atom. The molecule has 7 heteroatoms. The molecule has 1 aromatic carbocycles. The average Bonchev–Trinajstić information content (AvgIpc) is 2.80. The summed E-state index contributed by atoms with van der Waals surface area (Å²) in [4.78, 5) is 13.5. The number of aromatic hydroxyl groups is 1. The molecule has 1 saturated heterocycles. The number of nitrogens with zero attached hydrogens (tertiary/aromatic N) is 1. The van der Waals surface area contributed by atoms with Crippen LogP contribution in [0.5, 0.6) is 5.75 Å². The predicted octanol–water partition coefficient (Wildman–Crippen LogP) is 1.56. The van der Waals surface area contributed by atoms with Crippen molar-refractivity contribution in [1.29, 1.82) is 0 Å². The van der Waals surface area contributed by atoms with Crippen molar-refractivity contribution in [2.24, 2.45) is 0 Å². The van der Waals surface area contributed by atoms with Gasteiger partial charge in [0.1, 0.15) is 5.75 Å². The van der Waals surface area contributed by atoms with Gasteiger partial charge in [0, 0.05) is 23.8 Å². The van der Waals surface area contributed by atoms with Crippen LogP contribution < -0.4 is 0 Å². The molecule has 1 aliphatic rings. The van der Waals surface area contributed by atoms with E-state index in [-0.39, 0.29) is 22.1 Å². The second-order valence-corrected chi connectivity index (χ2v) is 6.68. The van der Waals surface area contributed by atoms with E-state index >= 15 is 0 Å². The van der Waals surface area contributed by atoms with Crippen molar-refractivity contribution in [2.45, 2.75) is 17.7 Å². The molecule has 5 nitrogen and oxygen atoms in total. The summed E-state index contributed by atoms with van der Waals surface area (Å²) in [5.74, 6) is -0.608. The van der Waals surface area contributed by atoms with E-state index in [2.05, 4.69) is 0 Å². The van der Waals surface area contributed by atoms with E-state index in [4.69, 9.17) is 10.7 Å². The fraction of sp³-hybridized carbons (Fsp3) is 0.364. The van der Waals surface area contributed by atoms with Gasteiger partial charge in [-0.15, -0.1) is 0 Å². The normalized spacial score (nSPS) is 15.9. The molecule has 1 heterocycles. The molecule has 1 aliphatic heterocycles. The number of carbonyl (C=O) groups excluding carboxylic acids is 1. The molecular weight excluding hydrogens is 278 g/mol. The Kier molecular flexibility index (Phi) is 3.49. The third kappa shape index (κ3) is 2.59. The molecule has 0 radical (unpaired) electrons. The summed E-state index contributed by atoms with van der Waals surface area (Å²) in [5.41, 5.74) is -0.0291. The van der Waals surface area contributed by atoms with Gasteiger partial charge in [-0.2, -0.15) is 0 Å². The first-order valence-electron chi connectivity index (χ1n) is 5.46. The molecule has 2 rings (SSSR count). The second kappa shape index (κ2) is 4.78. The summed E-state index contributed by atoms with van der Waals surface area (Å²) in [6.45, 7) is 1.24. The van der Waals surface area contributed by atoms with E-state index in [0.717, 1.165) is 18.9 Å². The minimum atomic E-state index is -3.91. The number of hydrogen-bond donors (Lipinski definition) is 1. The minimum Gasteiger partial charge on any atom is -0.507 e. The van der Waals surface area contributed by atoms with Gasteiger partial charge in [0.15, 0.2) is 0 Å². The summed E-state index contributed by atoms with van der Waals surface area (Å²) < 4.78 is 22.4. The first-order valence-corrected chi connectivity index (χ1v) is 7.77. The molecule has 1 N–H and O–H groups in total. The zero-order valence-electron chi connectivity index (χ0n) is 9.47. The van der Waals surface area contributed by atoms with E-state index < -0.39 is 9.05 Å². The molecule has 0 unspecified atom stereocenters. The van der Waals surface area contributed by atoms with E-state index in [0.29, 0.717) is 13.1 Å². The third-order valence-corrected chi connectivity index (χ3v) is 4.22. The van der Waals surface area contributed by atoms with Crippen molar-refractivity contribution in [3.63, 3.8) is 0 Å². The van der Waals surface area contributed by atoms with Crippen LogP contribution in [-0.2, 0) is 9.05 Å². The number of rotatable bonds is 2. The Hall–Kier alpha value is -1.27. The van der Waals surface area contributed by atoms with Gasteiger partial charge in [0.25, 0.3) is 15.0 Å². The Bertz CT molecular complexity index is 579. The molecule has 98 valence electrons. The number of amides is 1. The molecule has 0 atom stereocenters. The Labute approximate surface area is 109 Å². The summed E-state index contributed by atoms with van der Waals surface area (Å²) in [6.07, 6.45) is 1.83. The van der Waals surface area contributed by atoms with Gasteiger partial charge >= 0.3 is 0 Å². The van der Waals surface area contributed by atoms with Crippen LogP contribution in [0, 0.1) is 0 Å². The molecule has 0 aliphatic carbocycles. The highest BCUT2D eigenvalue weighted by molar-refractivity contribution is 8.13. The van der Waals surface area contributed by atoms with Gasteiger partial charge in [-0.25, -0.2) is 8.42 Å².